The van der Waals surface area contributed by atoms with Gasteiger partial charge in [0.15, 0.2) is 0 Å². The highest BCUT2D eigenvalue weighted by Gasteiger charge is 2.54. The SMILES string of the molecule is COCCN(CC(C)C)C(=O)C1(C(N)=S)CC1. The molecule has 0 aromatic heterocycles. The molecule has 1 amide bonds. The van der Waals surface area contributed by atoms with Crippen molar-refractivity contribution >= 4 is 23.1 Å². The van der Waals surface area contributed by atoms with Gasteiger partial charge in [0, 0.05) is 20.2 Å². The van der Waals surface area contributed by atoms with E-state index in [9.17, 15) is 4.79 Å². The number of carbonyl (C=O) groups excluding carboxylic acids is 1. The molecule has 17 heavy (non-hydrogen) atoms. The molecule has 0 bridgehead atoms. The maximum absolute atomic E-state index is 12.4. The number of nitrogens with two attached hydrogens (primary N) is 1. The largest absolute Gasteiger partial charge is 0.392 e. The number of methoxy groups -OCH3 is 1. The van der Waals surface area contributed by atoms with Crippen molar-refractivity contribution in [1.82, 2.24) is 4.90 Å². The molecule has 0 saturated heterocycles. The standard InChI is InChI=1S/C12H22N2O2S/c1-9(2)8-14(6-7-16-3)11(15)12(4-5-12)10(13)17/h9H,4-8H2,1-3H3,(H2,13,17). The zero-order valence-corrected chi connectivity index (χ0v) is 11.7. The predicted molar refractivity (Wildman–Crippen MR) is 71.7 cm³/mol. The van der Waals surface area contributed by atoms with Gasteiger partial charge < -0.3 is 15.4 Å². The Kier molecular flexibility index (Phi) is 4.89. The van der Waals surface area contributed by atoms with E-state index < -0.39 is 5.41 Å². The van der Waals surface area contributed by atoms with Gasteiger partial charge in [-0.25, -0.2) is 0 Å². The molecule has 0 spiro atoms. The van der Waals surface area contributed by atoms with Gasteiger partial charge >= 0.3 is 0 Å². The lowest BCUT2D eigenvalue weighted by atomic mass is 10.0. The summed E-state index contributed by atoms with van der Waals surface area (Å²) in [6, 6.07) is 0. The molecule has 1 rings (SSSR count). The molecule has 1 aliphatic rings. The van der Waals surface area contributed by atoms with Gasteiger partial charge in [-0.05, 0) is 18.8 Å². The number of carbonyl (C=O) groups is 1. The highest BCUT2D eigenvalue weighted by atomic mass is 32.1. The van der Waals surface area contributed by atoms with E-state index in [1.807, 2.05) is 4.90 Å². The smallest absolute Gasteiger partial charge is 0.235 e. The second kappa shape index (κ2) is 5.78. The van der Waals surface area contributed by atoms with Gasteiger partial charge in [0.05, 0.1) is 17.0 Å². The van der Waals surface area contributed by atoms with Gasteiger partial charge in [-0.1, -0.05) is 26.1 Å². The van der Waals surface area contributed by atoms with E-state index in [4.69, 9.17) is 22.7 Å². The van der Waals surface area contributed by atoms with E-state index in [1.54, 1.807) is 7.11 Å². The third-order valence-electron chi connectivity index (χ3n) is 3.07. The summed E-state index contributed by atoms with van der Waals surface area (Å²) in [5.41, 5.74) is 5.14. The first kappa shape index (κ1) is 14.4. The van der Waals surface area contributed by atoms with Crippen LogP contribution in [0.1, 0.15) is 26.7 Å². The van der Waals surface area contributed by atoms with Crippen LogP contribution in [0, 0.1) is 11.3 Å². The molecule has 0 atom stereocenters. The number of hydrogen-bond donors (Lipinski definition) is 1. The lowest BCUT2D eigenvalue weighted by Gasteiger charge is -2.28. The Bertz CT molecular complexity index is 301. The van der Waals surface area contributed by atoms with Crippen molar-refractivity contribution in [3.05, 3.63) is 0 Å². The van der Waals surface area contributed by atoms with Crippen LogP contribution >= 0.6 is 12.2 Å². The molecule has 0 aromatic carbocycles. The molecular weight excluding hydrogens is 236 g/mol. The van der Waals surface area contributed by atoms with E-state index in [0.29, 0.717) is 24.1 Å². The maximum Gasteiger partial charge on any atom is 0.235 e. The van der Waals surface area contributed by atoms with Crippen molar-refractivity contribution in [2.75, 3.05) is 26.8 Å². The fourth-order valence-corrected chi connectivity index (χ4v) is 2.20. The zero-order chi connectivity index (χ0) is 13.1. The molecule has 0 heterocycles. The molecular formula is C12H22N2O2S. The van der Waals surface area contributed by atoms with E-state index in [0.717, 1.165) is 19.4 Å². The highest BCUT2D eigenvalue weighted by Crippen LogP contribution is 2.47. The summed E-state index contributed by atoms with van der Waals surface area (Å²) in [6.07, 6.45) is 1.59. The maximum atomic E-state index is 12.4. The minimum Gasteiger partial charge on any atom is -0.392 e. The number of amides is 1. The average molecular weight is 258 g/mol. The average Bonchev–Trinajstić information content (AvgIpc) is 3.03. The van der Waals surface area contributed by atoms with Crippen molar-refractivity contribution < 1.29 is 9.53 Å². The van der Waals surface area contributed by atoms with Crippen LogP contribution in [0.5, 0.6) is 0 Å². The lowest BCUT2D eigenvalue weighted by molar-refractivity contribution is -0.135. The van der Waals surface area contributed by atoms with Crippen molar-refractivity contribution in [1.29, 1.82) is 0 Å². The third-order valence-corrected chi connectivity index (χ3v) is 3.46. The van der Waals surface area contributed by atoms with Crippen LogP contribution in [0.4, 0.5) is 0 Å². The number of ether oxygens (including phenoxy) is 1. The molecule has 1 saturated carbocycles. The number of hydrogen-bond acceptors (Lipinski definition) is 3. The molecule has 1 fully saturated rings. The normalized spacial score (nSPS) is 16.9. The fourth-order valence-electron chi connectivity index (χ4n) is 1.91. The molecule has 0 aliphatic heterocycles. The van der Waals surface area contributed by atoms with Crippen LogP contribution < -0.4 is 5.73 Å². The molecule has 0 unspecified atom stereocenters. The van der Waals surface area contributed by atoms with Crippen LogP contribution in [-0.2, 0) is 9.53 Å². The van der Waals surface area contributed by atoms with Crippen molar-refractivity contribution in [3.63, 3.8) is 0 Å². The Morgan fingerprint density at radius 3 is 2.47 bits per heavy atom. The van der Waals surface area contributed by atoms with Crippen molar-refractivity contribution in [3.8, 4) is 0 Å². The first-order valence-corrected chi connectivity index (χ1v) is 6.43. The Balaban J connectivity index is 2.69. The predicted octanol–water partition coefficient (Wildman–Crippen LogP) is 1.18. The first-order chi connectivity index (χ1) is 7.94. The van der Waals surface area contributed by atoms with Crippen LogP contribution in [0.15, 0.2) is 0 Å². The summed E-state index contributed by atoms with van der Waals surface area (Å²) in [5.74, 6) is 0.508. The molecule has 5 heteroatoms. The van der Waals surface area contributed by atoms with E-state index >= 15 is 0 Å². The molecule has 4 nitrogen and oxygen atoms in total. The quantitative estimate of drug-likeness (QED) is 0.697. The van der Waals surface area contributed by atoms with Crippen LogP contribution in [0.3, 0.4) is 0 Å². The summed E-state index contributed by atoms with van der Waals surface area (Å²) in [4.78, 5) is 14.6. The number of rotatable bonds is 7. The van der Waals surface area contributed by atoms with Crippen molar-refractivity contribution in [2.24, 2.45) is 17.1 Å². The second-order valence-corrected chi connectivity index (χ2v) is 5.52. The molecule has 0 aromatic rings. The summed E-state index contributed by atoms with van der Waals surface area (Å²) in [7, 11) is 1.64. The summed E-state index contributed by atoms with van der Waals surface area (Å²) in [6.45, 7) is 6.07. The Hall–Kier alpha value is -0.680. The Morgan fingerprint density at radius 1 is 1.53 bits per heavy atom. The topological polar surface area (TPSA) is 55.6 Å². The second-order valence-electron chi connectivity index (χ2n) is 5.08. The molecule has 0 radical (unpaired) electrons. The minimum atomic E-state index is -0.544. The van der Waals surface area contributed by atoms with Gasteiger partial charge in [-0.15, -0.1) is 0 Å². The summed E-state index contributed by atoms with van der Waals surface area (Å²) < 4.78 is 5.04. The van der Waals surface area contributed by atoms with E-state index in [2.05, 4.69) is 13.8 Å². The van der Waals surface area contributed by atoms with Gasteiger partial charge in [-0.3, -0.25) is 4.79 Å². The monoisotopic (exact) mass is 258 g/mol. The van der Waals surface area contributed by atoms with Gasteiger partial charge in [-0.2, -0.15) is 0 Å². The van der Waals surface area contributed by atoms with Crippen LogP contribution in [0.25, 0.3) is 0 Å². The first-order valence-electron chi connectivity index (χ1n) is 6.02. The van der Waals surface area contributed by atoms with Gasteiger partial charge in [0.2, 0.25) is 5.91 Å². The Morgan fingerprint density at radius 2 is 2.12 bits per heavy atom. The third kappa shape index (κ3) is 3.39. The van der Waals surface area contributed by atoms with Crippen LogP contribution in [-0.4, -0.2) is 42.6 Å². The Labute approximate surface area is 108 Å². The van der Waals surface area contributed by atoms with Gasteiger partial charge in [0.25, 0.3) is 0 Å². The lowest BCUT2D eigenvalue weighted by Crippen LogP contribution is -2.45. The summed E-state index contributed by atoms with van der Waals surface area (Å²) >= 11 is 5.01. The zero-order valence-electron chi connectivity index (χ0n) is 10.9. The highest BCUT2D eigenvalue weighted by molar-refractivity contribution is 7.80. The minimum absolute atomic E-state index is 0.0794. The molecule has 98 valence electrons. The summed E-state index contributed by atoms with van der Waals surface area (Å²) in [5, 5.41) is 0. The van der Waals surface area contributed by atoms with Crippen molar-refractivity contribution in [2.45, 2.75) is 26.7 Å². The molecule has 1 aliphatic carbocycles. The van der Waals surface area contributed by atoms with Crippen LogP contribution in [0.2, 0.25) is 0 Å². The number of nitrogens with zero attached hydrogens (tertiary/aromatic N) is 1. The van der Waals surface area contributed by atoms with E-state index in [-0.39, 0.29) is 5.91 Å². The molecule has 2 N–H and O–H groups in total. The fraction of sp³-hybridized carbons (Fsp3) is 0.833. The van der Waals surface area contributed by atoms with E-state index in [1.165, 1.54) is 0 Å². The van der Waals surface area contributed by atoms with Gasteiger partial charge in [0.1, 0.15) is 0 Å². The number of thiocarbonyl (C=S) groups is 1.